The highest BCUT2D eigenvalue weighted by atomic mass is 79.9. The molecule has 1 heterocycles. The lowest BCUT2D eigenvalue weighted by atomic mass is 10.0. The van der Waals surface area contributed by atoms with E-state index in [4.69, 9.17) is 4.74 Å². The van der Waals surface area contributed by atoms with E-state index in [1.165, 1.54) is 6.07 Å². The fourth-order valence-electron chi connectivity index (χ4n) is 2.21. The molecule has 108 valence electrons. The van der Waals surface area contributed by atoms with Crippen LogP contribution in [0.25, 0.3) is 0 Å². The van der Waals surface area contributed by atoms with Crippen molar-refractivity contribution < 1.29 is 9.13 Å². The molecule has 0 fully saturated rings. The number of nitrogens with zero attached hydrogens (tertiary/aromatic N) is 2. The Morgan fingerprint density at radius 2 is 2.25 bits per heavy atom. The van der Waals surface area contributed by atoms with E-state index >= 15 is 0 Å². The maximum absolute atomic E-state index is 13.8. The molecule has 1 atom stereocenters. The van der Waals surface area contributed by atoms with Gasteiger partial charge < -0.3 is 10.1 Å². The van der Waals surface area contributed by atoms with E-state index < -0.39 is 0 Å². The SMILES string of the molecule is CCNC(c1cccc(F)c1Br)c1c(OC)cnn1C. The summed E-state index contributed by atoms with van der Waals surface area (Å²) in [5.41, 5.74) is 1.68. The van der Waals surface area contributed by atoms with Gasteiger partial charge >= 0.3 is 0 Å². The number of aryl methyl sites for hydroxylation is 1. The summed E-state index contributed by atoms with van der Waals surface area (Å²) in [5.74, 6) is 0.390. The van der Waals surface area contributed by atoms with E-state index in [0.29, 0.717) is 10.2 Å². The molecule has 0 saturated carbocycles. The Morgan fingerprint density at radius 3 is 2.90 bits per heavy atom. The van der Waals surface area contributed by atoms with Crippen molar-refractivity contribution in [1.29, 1.82) is 0 Å². The summed E-state index contributed by atoms with van der Waals surface area (Å²) < 4.78 is 21.3. The summed E-state index contributed by atoms with van der Waals surface area (Å²) in [7, 11) is 3.44. The third-order valence-electron chi connectivity index (χ3n) is 3.14. The minimum Gasteiger partial charge on any atom is -0.493 e. The number of rotatable bonds is 5. The number of nitrogens with one attached hydrogen (secondary N) is 1. The maximum Gasteiger partial charge on any atom is 0.161 e. The average molecular weight is 342 g/mol. The zero-order valence-electron chi connectivity index (χ0n) is 11.7. The van der Waals surface area contributed by atoms with Crippen LogP contribution in [0.5, 0.6) is 5.75 Å². The zero-order valence-corrected chi connectivity index (χ0v) is 13.2. The van der Waals surface area contributed by atoms with Crippen LogP contribution < -0.4 is 10.1 Å². The molecular formula is C14H17BrFN3O. The van der Waals surface area contributed by atoms with Gasteiger partial charge in [-0.05, 0) is 34.1 Å². The fraction of sp³-hybridized carbons (Fsp3) is 0.357. The van der Waals surface area contributed by atoms with Gasteiger partial charge in [-0.1, -0.05) is 19.1 Å². The van der Waals surface area contributed by atoms with Gasteiger partial charge in [-0.3, -0.25) is 4.68 Å². The third-order valence-corrected chi connectivity index (χ3v) is 3.98. The van der Waals surface area contributed by atoms with E-state index in [9.17, 15) is 4.39 Å². The molecule has 0 bridgehead atoms. The Hall–Kier alpha value is -1.40. The quantitative estimate of drug-likeness (QED) is 0.908. The van der Waals surface area contributed by atoms with Crippen LogP contribution in [-0.4, -0.2) is 23.4 Å². The molecule has 0 spiro atoms. The van der Waals surface area contributed by atoms with Gasteiger partial charge in [0.15, 0.2) is 5.75 Å². The van der Waals surface area contributed by atoms with E-state index in [1.54, 1.807) is 24.1 Å². The molecule has 20 heavy (non-hydrogen) atoms. The molecule has 1 aromatic heterocycles. The number of halogens is 2. The number of benzene rings is 1. The van der Waals surface area contributed by atoms with Crippen LogP contribution in [0.2, 0.25) is 0 Å². The number of hydrogen-bond acceptors (Lipinski definition) is 3. The van der Waals surface area contributed by atoms with Gasteiger partial charge in [0.25, 0.3) is 0 Å². The monoisotopic (exact) mass is 341 g/mol. The van der Waals surface area contributed by atoms with Crippen molar-refractivity contribution in [3.05, 3.63) is 45.9 Å². The first-order chi connectivity index (χ1) is 9.60. The normalized spacial score (nSPS) is 12.4. The van der Waals surface area contributed by atoms with Crippen LogP contribution in [-0.2, 0) is 7.05 Å². The number of ether oxygens (including phenoxy) is 1. The average Bonchev–Trinajstić information content (AvgIpc) is 2.81. The first kappa shape index (κ1) is 15.0. The van der Waals surface area contributed by atoms with Gasteiger partial charge in [-0.25, -0.2) is 4.39 Å². The fourth-order valence-corrected chi connectivity index (χ4v) is 2.71. The Kier molecular flexibility index (Phi) is 4.77. The third kappa shape index (κ3) is 2.71. The number of hydrogen-bond donors (Lipinski definition) is 1. The standard InChI is InChI=1S/C14H17BrFN3O/c1-4-17-13(9-6-5-7-10(16)12(9)15)14-11(20-3)8-18-19(14)2/h5-8,13,17H,4H2,1-3H3. The zero-order chi connectivity index (χ0) is 14.7. The minimum atomic E-state index is -0.286. The van der Waals surface area contributed by atoms with Crippen molar-refractivity contribution in [2.24, 2.45) is 7.05 Å². The highest BCUT2D eigenvalue weighted by molar-refractivity contribution is 9.10. The van der Waals surface area contributed by atoms with Crippen LogP contribution in [0.15, 0.2) is 28.9 Å². The highest BCUT2D eigenvalue weighted by Crippen LogP contribution is 2.34. The second kappa shape index (κ2) is 6.37. The van der Waals surface area contributed by atoms with Gasteiger partial charge in [-0.15, -0.1) is 0 Å². The van der Waals surface area contributed by atoms with Crippen molar-refractivity contribution in [1.82, 2.24) is 15.1 Å². The summed E-state index contributed by atoms with van der Waals surface area (Å²) >= 11 is 3.32. The molecule has 1 unspecified atom stereocenters. The van der Waals surface area contributed by atoms with Crippen LogP contribution >= 0.6 is 15.9 Å². The van der Waals surface area contributed by atoms with Gasteiger partial charge in [0, 0.05) is 7.05 Å². The van der Waals surface area contributed by atoms with Gasteiger partial charge in [0.1, 0.15) is 11.5 Å². The molecule has 1 aromatic carbocycles. The van der Waals surface area contributed by atoms with Crippen molar-refractivity contribution in [3.8, 4) is 5.75 Å². The van der Waals surface area contributed by atoms with Gasteiger partial charge in [-0.2, -0.15) is 5.10 Å². The predicted molar refractivity (Wildman–Crippen MR) is 79.4 cm³/mol. The highest BCUT2D eigenvalue weighted by Gasteiger charge is 2.24. The second-order valence-electron chi connectivity index (χ2n) is 4.36. The molecule has 0 aliphatic carbocycles. The van der Waals surface area contributed by atoms with Gasteiger partial charge in [0.2, 0.25) is 0 Å². The summed E-state index contributed by atoms with van der Waals surface area (Å²) in [6.07, 6.45) is 1.66. The summed E-state index contributed by atoms with van der Waals surface area (Å²) in [4.78, 5) is 0. The first-order valence-electron chi connectivity index (χ1n) is 6.33. The second-order valence-corrected chi connectivity index (χ2v) is 5.15. The van der Waals surface area contributed by atoms with E-state index in [0.717, 1.165) is 17.8 Å². The Morgan fingerprint density at radius 1 is 1.50 bits per heavy atom. The number of methoxy groups -OCH3 is 1. The molecule has 0 amide bonds. The van der Waals surface area contributed by atoms with E-state index in [2.05, 4.69) is 26.3 Å². The summed E-state index contributed by atoms with van der Waals surface area (Å²) in [5, 5.41) is 7.56. The molecule has 0 aliphatic heterocycles. The minimum absolute atomic E-state index is 0.201. The lowest BCUT2D eigenvalue weighted by molar-refractivity contribution is 0.401. The summed E-state index contributed by atoms with van der Waals surface area (Å²) in [6, 6.07) is 4.81. The lowest BCUT2D eigenvalue weighted by Crippen LogP contribution is -2.25. The molecule has 0 aliphatic rings. The lowest BCUT2D eigenvalue weighted by Gasteiger charge is -2.21. The Balaban J connectivity index is 2.56. The summed E-state index contributed by atoms with van der Waals surface area (Å²) in [6.45, 7) is 2.74. The van der Waals surface area contributed by atoms with Crippen molar-refractivity contribution >= 4 is 15.9 Å². The first-order valence-corrected chi connectivity index (χ1v) is 7.12. The molecular weight excluding hydrogens is 325 g/mol. The van der Waals surface area contributed by atoms with Crippen molar-refractivity contribution in [2.75, 3.05) is 13.7 Å². The molecule has 0 radical (unpaired) electrons. The van der Waals surface area contributed by atoms with E-state index in [-0.39, 0.29) is 11.9 Å². The van der Waals surface area contributed by atoms with Crippen LogP contribution in [0.1, 0.15) is 24.2 Å². The van der Waals surface area contributed by atoms with Crippen LogP contribution in [0.4, 0.5) is 4.39 Å². The Labute approximate surface area is 126 Å². The number of aromatic nitrogens is 2. The largest absolute Gasteiger partial charge is 0.493 e. The van der Waals surface area contributed by atoms with Gasteiger partial charge in [0.05, 0.1) is 23.8 Å². The topological polar surface area (TPSA) is 39.1 Å². The molecule has 4 nitrogen and oxygen atoms in total. The predicted octanol–water partition coefficient (Wildman–Crippen LogP) is 3.03. The smallest absolute Gasteiger partial charge is 0.161 e. The molecule has 2 aromatic rings. The molecule has 0 saturated heterocycles. The Bertz CT molecular complexity index is 600. The van der Waals surface area contributed by atoms with E-state index in [1.807, 2.05) is 20.0 Å². The van der Waals surface area contributed by atoms with Crippen molar-refractivity contribution in [3.63, 3.8) is 0 Å². The van der Waals surface area contributed by atoms with Crippen molar-refractivity contribution in [2.45, 2.75) is 13.0 Å². The molecule has 6 heteroatoms. The molecule has 2 rings (SSSR count). The van der Waals surface area contributed by atoms with Crippen LogP contribution in [0, 0.1) is 5.82 Å². The maximum atomic E-state index is 13.8. The molecule has 1 N–H and O–H groups in total. The van der Waals surface area contributed by atoms with Crippen LogP contribution in [0.3, 0.4) is 0 Å².